The number of alkyl halides is 3. The summed E-state index contributed by atoms with van der Waals surface area (Å²) in [5.74, 6) is 0. The molecule has 0 radical (unpaired) electrons. The smallest absolute Gasteiger partial charge is 0.197 e. The summed E-state index contributed by atoms with van der Waals surface area (Å²) < 4.78 is 38.3. The third-order valence-corrected chi connectivity index (χ3v) is 3.00. The Kier molecular flexibility index (Phi) is 2.39. The molecule has 0 aromatic heterocycles. The molecule has 1 nitrogen and oxygen atoms in total. The Morgan fingerprint density at radius 1 is 1.31 bits per heavy atom. The van der Waals surface area contributed by atoms with Crippen LogP contribution in [0.15, 0.2) is 18.2 Å². The lowest BCUT2D eigenvalue weighted by Gasteiger charge is -2.16. The normalized spacial score (nSPS) is 17.9. The van der Waals surface area contributed by atoms with Gasteiger partial charge in [0.2, 0.25) is 0 Å². The van der Waals surface area contributed by atoms with E-state index in [0.717, 1.165) is 6.07 Å². The molecular formula is C11H7ClF3N. The van der Waals surface area contributed by atoms with Gasteiger partial charge in [-0.05, 0) is 30.5 Å². The fourth-order valence-corrected chi connectivity index (χ4v) is 1.91. The van der Waals surface area contributed by atoms with Crippen LogP contribution >= 0.6 is 11.6 Å². The van der Waals surface area contributed by atoms with Crippen molar-refractivity contribution in [3.8, 4) is 6.07 Å². The van der Waals surface area contributed by atoms with Crippen molar-refractivity contribution in [2.45, 2.75) is 24.4 Å². The largest absolute Gasteiger partial charge is 0.416 e. The van der Waals surface area contributed by atoms with Crippen molar-refractivity contribution in [2.75, 3.05) is 0 Å². The Hall–Kier alpha value is -1.21. The zero-order valence-corrected chi connectivity index (χ0v) is 8.86. The summed E-state index contributed by atoms with van der Waals surface area (Å²) in [6, 6.07) is 5.54. The molecule has 0 spiro atoms. The van der Waals surface area contributed by atoms with Crippen LogP contribution in [0, 0.1) is 11.3 Å². The number of benzene rings is 1. The minimum absolute atomic E-state index is 0.0322. The molecular weight excluding hydrogens is 239 g/mol. The summed E-state index contributed by atoms with van der Waals surface area (Å²) in [5.41, 5.74) is -1.69. The topological polar surface area (TPSA) is 23.8 Å². The van der Waals surface area contributed by atoms with Crippen LogP contribution in [0.3, 0.4) is 0 Å². The molecule has 1 saturated carbocycles. The third-order valence-electron chi connectivity index (χ3n) is 2.77. The fraction of sp³-hybridized carbons (Fsp3) is 0.364. The lowest BCUT2D eigenvalue weighted by molar-refractivity contribution is -0.138. The second-order valence-corrected chi connectivity index (χ2v) is 4.32. The van der Waals surface area contributed by atoms with Gasteiger partial charge in [0.05, 0.1) is 17.0 Å². The molecule has 0 aliphatic heterocycles. The summed E-state index contributed by atoms with van der Waals surface area (Å²) in [6.07, 6.45) is -3.50. The molecule has 0 saturated heterocycles. The van der Waals surface area contributed by atoms with Gasteiger partial charge in [0.15, 0.2) is 0 Å². The quantitative estimate of drug-likeness (QED) is 0.736. The van der Waals surface area contributed by atoms with E-state index < -0.39 is 17.2 Å². The SMILES string of the molecule is N#CC1(c2ccc(Cl)cc2C(F)(F)F)CC1. The van der Waals surface area contributed by atoms with Gasteiger partial charge in [-0.1, -0.05) is 17.7 Å². The zero-order valence-electron chi connectivity index (χ0n) is 8.11. The summed E-state index contributed by atoms with van der Waals surface area (Å²) in [5, 5.41) is 8.95. The monoisotopic (exact) mass is 245 g/mol. The van der Waals surface area contributed by atoms with E-state index in [9.17, 15) is 13.2 Å². The highest BCUT2D eigenvalue weighted by Crippen LogP contribution is 2.51. The molecule has 1 aromatic rings. The van der Waals surface area contributed by atoms with Gasteiger partial charge >= 0.3 is 6.18 Å². The van der Waals surface area contributed by atoms with E-state index >= 15 is 0 Å². The molecule has 0 heterocycles. The maximum atomic E-state index is 12.8. The first kappa shape index (κ1) is 11.3. The number of nitrogens with zero attached hydrogens (tertiary/aromatic N) is 1. The predicted molar refractivity (Wildman–Crippen MR) is 53.0 cm³/mol. The lowest BCUT2D eigenvalue weighted by atomic mass is 9.92. The van der Waals surface area contributed by atoms with E-state index in [1.165, 1.54) is 12.1 Å². The van der Waals surface area contributed by atoms with Crippen molar-refractivity contribution in [1.82, 2.24) is 0 Å². The first-order valence-corrected chi connectivity index (χ1v) is 5.05. The van der Waals surface area contributed by atoms with E-state index in [4.69, 9.17) is 16.9 Å². The highest BCUT2D eigenvalue weighted by molar-refractivity contribution is 6.30. The van der Waals surface area contributed by atoms with Crippen LogP contribution in [0.5, 0.6) is 0 Å². The van der Waals surface area contributed by atoms with Crippen LogP contribution in [0.2, 0.25) is 5.02 Å². The van der Waals surface area contributed by atoms with E-state index in [1.54, 1.807) is 0 Å². The first-order chi connectivity index (χ1) is 7.39. The number of rotatable bonds is 1. The molecule has 84 valence electrons. The van der Waals surface area contributed by atoms with Crippen molar-refractivity contribution in [3.05, 3.63) is 34.3 Å². The second-order valence-electron chi connectivity index (χ2n) is 3.88. The fourth-order valence-electron chi connectivity index (χ4n) is 1.73. The summed E-state index contributed by atoms with van der Waals surface area (Å²) in [7, 11) is 0. The van der Waals surface area contributed by atoms with Gasteiger partial charge in [-0.15, -0.1) is 0 Å². The molecule has 0 atom stereocenters. The van der Waals surface area contributed by atoms with Crippen molar-refractivity contribution in [3.63, 3.8) is 0 Å². The van der Waals surface area contributed by atoms with E-state index in [-0.39, 0.29) is 10.6 Å². The minimum Gasteiger partial charge on any atom is -0.197 e. The molecule has 16 heavy (non-hydrogen) atoms. The zero-order chi connectivity index (χ0) is 12.0. The molecule has 1 fully saturated rings. The van der Waals surface area contributed by atoms with Gasteiger partial charge in [-0.25, -0.2) is 0 Å². The third kappa shape index (κ3) is 1.76. The Balaban J connectivity index is 2.59. The van der Waals surface area contributed by atoms with Gasteiger partial charge in [-0.3, -0.25) is 0 Å². The highest BCUT2D eigenvalue weighted by atomic mass is 35.5. The van der Waals surface area contributed by atoms with Crippen molar-refractivity contribution in [1.29, 1.82) is 5.26 Å². The van der Waals surface area contributed by atoms with Crippen LogP contribution in [0.4, 0.5) is 13.2 Å². The number of halogens is 4. The Morgan fingerprint density at radius 2 is 1.94 bits per heavy atom. The van der Waals surface area contributed by atoms with Crippen LogP contribution in [-0.2, 0) is 11.6 Å². The van der Waals surface area contributed by atoms with Crippen LogP contribution < -0.4 is 0 Å². The van der Waals surface area contributed by atoms with Crippen molar-refractivity contribution >= 4 is 11.6 Å². The Morgan fingerprint density at radius 3 is 2.38 bits per heavy atom. The molecule has 0 unspecified atom stereocenters. The Bertz CT molecular complexity index is 469. The molecule has 1 aliphatic rings. The maximum Gasteiger partial charge on any atom is 0.416 e. The van der Waals surface area contributed by atoms with Gasteiger partial charge < -0.3 is 0 Å². The Labute approximate surface area is 95.4 Å². The molecule has 5 heteroatoms. The predicted octanol–water partition coefficient (Wildman–Crippen LogP) is 3.91. The van der Waals surface area contributed by atoms with Gasteiger partial charge in [0.1, 0.15) is 0 Å². The lowest BCUT2D eigenvalue weighted by Crippen LogP contribution is -2.15. The maximum absolute atomic E-state index is 12.8. The molecule has 1 aliphatic carbocycles. The van der Waals surface area contributed by atoms with Crippen molar-refractivity contribution < 1.29 is 13.2 Å². The average molecular weight is 246 g/mol. The molecule has 0 amide bonds. The van der Waals surface area contributed by atoms with Crippen LogP contribution in [0.1, 0.15) is 24.0 Å². The van der Waals surface area contributed by atoms with Gasteiger partial charge in [0, 0.05) is 5.02 Å². The summed E-state index contributed by atoms with van der Waals surface area (Å²) >= 11 is 5.55. The highest BCUT2D eigenvalue weighted by Gasteiger charge is 2.49. The number of hydrogen-bond acceptors (Lipinski definition) is 1. The van der Waals surface area contributed by atoms with Gasteiger partial charge in [0.25, 0.3) is 0 Å². The second kappa shape index (κ2) is 3.39. The van der Waals surface area contributed by atoms with Crippen LogP contribution in [-0.4, -0.2) is 0 Å². The van der Waals surface area contributed by atoms with Crippen molar-refractivity contribution in [2.24, 2.45) is 0 Å². The minimum atomic E-state index is -4.47. The van der Waals surface area contributed by atoms with E-state index in [0.29, 0.717) is 12.8 Å². The summed E-state index contributed by atoms with van der Waals surface area (Å²) in [4.78, 5) is 0. The molecule has 0 N–H and O–H groups in total. The standard InChI is InChI=1S/C11H7ClF3N/c12-7-1-2-8(10(6-16)3-4-10)9(5-7)11(13,14)15/h1-2,5H,3-4H2. The average Bonchev–Trinajstić information content (AvgIpc) is 2.97. The number of hydrogen-bond donors (Lipinski definition) is 0. The van der Waals surface area contributed by atoms with Gasteiger partial charge in [-0.2, -0.15) is 18.4 Å². The molecule has 2 rings (SSSR count). The van der Waals surface area contributed by atoms with Crippen LogP contribution in [0.25, 0.3) is 0 Å². The molecule has 0 bridgehead atoms. The number of nitriles is 1. The van der Waals surface area contributed by atoms with E-state index in [1.807, 2.05) is 6.07 Å². The molecule has 1 aromatic carbocycles. The summed E-state index contributed by atoms with van der Waals surface area (Å²) in [6.45, 7) is 0. The van der Waals surface area contributed by atoms with E-state index in [2.05, 4.69) is 0 Å². The first-order valence-electron chi connectivity index (χ1n) is 4.67.